The number of carbonyl (C=O) groups is 1. The zero-order chi connectivity index (χ0) is 16.4. The summed E-state index contributed by atoms with van der Waals surface area (Å²) in [6.45, 7) is 4.04. The lowest BCUT2D eigenvalue weighted by molar-refractivity contribution is -0.143. The Kier molecular flexibility index (Phi) is 9.41. The predicted octanol–water partition coefficient (Wildman–Crippen LogP) is 3.21. The van der Waals surface area contributed by atoms with E-state index >= 15 is 0 Å². The number of carbonyl (C=O) groups excluding carboxylic acids is 1. The molecule has 4 atom stereocenters. The standard InChI is InChI=1S/C18H32O4/c1-3-22-18(21)9-7-5-4-6-8-16-15(11-10-14(2)19)12-13-17(16)20/h10-11,14-17,19-20H,3-9,12-13H2,1-2H3/b11-10+/t14?,15-,16-,17+/m0/s1. The summed E-state index contributed by atoms with van der Waals surface area (Å²) >= 11 is 0. The molecule has 1 fully saturated rings. The average Bonchev–Trinajstić information content (AvgIpc) is 2.81. The Morgan fingerprint density at radius 2 is 2.00 bits per heavy atom. The van der Waals surface area contributed by atoms with Crippen LogP contribution in [0.5, 0.6) is 0 Å². The second-order valence-electron chi connectivity index (χ2n) is 6.36. The molecule has 0 saturated heterocycles. The van der Waals surface area contributed by atoms with Crippen LogP contribution in [0, 0.1) is 11.8 Å². The van der Waals surface area contributed by atoms with Gasteiger partial charge in [0.25, 0.3) is 0 Å². The number of allylic oxidation sites excluding steroid dienone is 1. The van der Waals surface area contributed by atoms with Crippen LogP contribution in [0.4, 0.5) is 0 Å². The van der Waals surface area contributed by atoms with Gasteiger partial charge in [0.2, 0.25) is 0 Å². The van der Waals surface area contributed by atoms with Crippen LogP contribution >= 0.6 is 0 Å². The molecule has 0 heterocycles. The monoisotopic (exact) mass is 312 g/mol. The van der Waals surface area contributed by atoms with Crippen molar-refractivity contribution in [2.75, 3.05) is 6.61 Å². The third-order valence-corrected chi connectivity index (χ3v) is 4.45. The third kappa shape index (κ3) is 7.41. The minimum atomic E-state index is -0.415. The molecule has 0 spiro atoms. The van der Waals surface area contributed by atoms with Gasteiger partial charge in [-0.2, -0.15) is 0 Å². The second kappa shape index (κ2) is 10.8. The lowest BCUT2D eigenvalue weighted by Gasteiger charge is -2.19. The van der Waals surface area contributed by atoms with E-state index in [1.165, 1.54) is 0 Å². The highest BCUT2D eigenvalue weighted by Gasteiger charge is 2.32. The van der Waals surface area contributed by atoms with Gasteiger partial charge in [0.1, 0.15) is 0 Å². The van der Waals surface area contributed by atoms with E-state index in [2.05, 4.69) is 6.08 Å². The van der Waals surface area contributed by atoms with Gasteiger partial charge in [-0.1, -0.05) is 31.4 Å². The lowest BCUT2D eigenvalue weighted by Crippen LogP contribution is -2.18. The van der Waals surface area contributed by atoms with Crippen LogP contribution in [0.1, 0.15) is 65.2 Å². The van der Waals surface area contributed by atoms with Gasteiger partial charge in [-0.3, -0.25) is 4.79 Å². The van der Waals surface area contributed by atoms with Crippen LogP contribution < -0.4 is 0 Å². The number of hydrogen-bond donors (Lipinski definition) is 2. The number of unbranched alkanes of at least 4 members (excludes halogenated alkanes) is 3. The first-order valence-electron chi connectivity index (χ1n) is 8.74. The predicted molar refractivity (Wildman–Crippen MR) is 87.4 cm³/mol. The number of rotatable bonds is 10. The first kappa shape index (κ1) is 19.2. The number of ether oxygens (including phenoxy) is 1. The summed E-state index contributed by atoms with van der Waals surface area (Å²) in [5, 5.41) is 19.4. The van der Waals surface area contributed by atoms with Crippen LogP contribution in [0.2, 0.25) is 0 Å². The maximum atomic E-state index is 11.2. The van der Waals surface area contributed by atoms with Crippen molar-refractivity contribution in [3.05, 3.63) is 12.2 Å². The summed E-state index contributed by atoms with van der Waals surface area (Å²) in [6, 6.07) is 0. The van der Waals surface area contributed by atoms with E-state index in [1.807, 2.05) is 13.0 Å². The third-order valence-electron chi connectivity index (χ3n) is 4.45. The number of aliphatic hydroxyl groups excluding tert-OH is 2. The van der Waals surface area contributed by atoms with Crippen molar-refractivity contribution in [1.29, 1.82) is 0 Å². The van der Waals surface area contributed by atoms with Crippen molar-refractivity contribution < 1.29 is 19.7 Å². The van der Waals surface area contributed by atoms with Gasteiger partial charge in [-0.05, 0) is 51.4 Å². The first-order valence-corrected chi connectivity index (χ1v) is 8.74. The summed E-state index contributed by atoms with van der Waals surface area (Å²) in [7, 11) is 0. The Bertz CT molecular complexity index is 338. The van der Waals surface area contributed by atoms with Gasteiger partial charge in [0.15, 0.2) is 0 Å². The van der Waals surface area contributed by atoms with E-state index in [4.69, 9.17) is 4.74 Å². The first-order chi connectivity index (χ1) is 10.5. The second-order valence-corrected chi connectivity index (χ2v) is 6.36. The molecule has 0 aromatic carbocycles. The largest absolute Gasteiger partial charge is 0.466 e. The highest BCUT2D eigenvalue weighted by molar-refractivity contribution is 5.69. The van der Waals surface area contributed by atoms with Gasteiger partial charge in [0.05, 0.1) is 18.8 Å². The van der Waals surface area contributed by atoms with Crippen molar-refractivity contribution in [3.63, 3.8) is 0 Å². The topological polar surface area (TPSA) is 66.8 Å². The molecule has 1 rings (SSSR count). The normalized spacial score (nSPS) is 26.5. The van der Waals surface area contributed by atoms with Crippen LogP contribution in [0.3, 0.4) is 0 Å². The molecule has 4 nitrogen and oxygen atoms in total. The van der Waals surface area contributed by atoms with E-state index in [9.17, 15) is 15.0 Å². The average molecular weight is 312 g/mol. The van der Waals surface area contributed by atoms with Gasteiger partial charge < -0.3 is 14.9 Å². The summed E-state index contributed by atoms with van der Waals surface area (Å²) < 4.78 is 4.90. The molecule has 4 heteroatoms. The molecular formula is C18H32O4. The van der Waals surface area contributed by atoms with E-state index in [-0.39, 0.29) is 12.1 Å². The van der Waals surface area contributed by atoms with Crippen molar-refractivity contribution in [3.8, 4) is 0 Å². The van der Waals surface area contributed by atoms with Crippen LogP contribution in [0.25, 0.3) is 0 Å². The lowest BCUT2D eigenvalue weighted by atomic mass is 9.88. The van der Waals surface area contributed by atoms with E-state index < -0.39 is 6.10 Å². The van der Waals surface area contributed by atoms with Crippen molar-refractivity contribution >= 4 is 5.97 Å². The van der Waals surface area contributed by atoms with Crippen molar-refractivity contribution in [1.82, 2.24) is 0 Å². The van der Waals surface area contributed by atoms with Crippen molar-refractivity contribution in [2.45, 2.75) is 77.4 Å². The summed E-state index contributed by atoms with van der Waals surface area (Å²) in [6.07, 6.45) is 10.8. The Labute approximate surface area is 134 Å². The summed E-state index contributed by atoms with van der Waals surface area (Å²) in [5.74, 6) is 0.612. The fraction of sp³-hybridized carbons (Fsp3) is 0.833. The van der Waals surface area contributed by atoms with Crippen LogP contribution in [0.15, 0.2) is 12.2 Å². The Balaban J connectivity index is 2.18. The quantitative estimate of drug-likeness (QED) is 0.369. The smallest absolute Gasteiger partial charge is 0.305 e. The molecule has 1 saturated carbocycles. The van der Waals surface area contributed by atoms with E-state index in [0.717, 1.165) is 44.9 Å². The summed E-state index contributed by atoms with van der Waals surface area (Å²) in [4.78, 5) is 11.2. The van der Waals surface area contributed by atoms with Gasteiger partial charge in [0, 0.05) is 6.42 Å². The maximum absolute atomic E-state index is 11.2. The molecule has 0 aliphatic heterocycles. The number of hydrogen-bond acceptors (Lipinski definition) is 4. The highest BCUT2D eigenvalue weighted by atomic mass is 16.5. The molecule has 2 N–H and O–H groups in total. The molecule has 0 radical (unpaired) electrons. The van der Waals surface area contributed by atoms with Crippen LogP contribution in [-0.4, -0.2) is 35.0 Å². The van der Waals surface area contributed by atoms with Gasteiger partial charge >= 0.3 is 5.97 Å². The Morgan fingerprint density at radius 1 is 1.27 bits per heavy atom. The molecule has 0 aromatic heterocycles. The molecule has 1 aliphatic rings. The molecule has 0 bridgehead atoms. The van der Waals surface area contributed by atoms with Crippen molar-refractivity contribution in [2.24, 2.45) is 11.8 Å². The molecule has 0 amide bonds. The van der Waals surface area contributed by atoms with Crippen LogP contribution in [-0.2, 0) is 9.53 Å². The Hall–Kier alpha value is -0.870. The molecule has 128 valence electrons. The number of esters is 1. The fourth-order valence-corrected chi connectivity index (χ4v) is 3.26. The minimum absolute atomic E-state index is 0.1000. The van der Waals surface area contributed by atoms with Gasteiger partial charge in [-0.15, -0.1) is 0 Å². The maximum Gasteiger partial charge on any atom is 0.305 e. The molecule has 22 heavy (non-hydrogen) atoms. The number of aliphatic hydroxyl groups is 2. The molecule has 1 unspecified atom stereocenters. The minimum Gasteiger partial charge on any atom is -0.466 e. The zero-order valence-corrected chi connectivity index (χ0v) is 14.0. The molecule has 0 aromatic rings. The zero-order valence-electron chi connectivity index (χ0n) is 14.0. The SMILES string of the molecule is CCOC(=O)CCCCCC[C@@H]1[C@H](O)CC[C@@H]1/C=C/C(C)O. The van der Waals surface area contributed by atoms with E-state index in [1.54, 1.807) is 6.92 Å². The van der Waals surface area contributed by atoms with E-state index in [0.29, 0.717) is 24.9 Å². The highest BCUT2D eigenvalue weighted by Crippen LogP contribution is 2.36. The van der Waals surface area contributed by atoms with Gasteiger partial charge in [-0.25, -0.2) is 0 Å². The Morgan fingerprint density at radius 3 is 2.68 bits per heavy atom. The summed E-state index contributed by atoms with van der Waals surface area (Å²) in [5.41, 5.74) is 0. The molecular weight excluding hydrogens is 280 g/mol. The molecule has 1 aliphatic carbocycles. The fourth-order valence-electron chi connectivity index (χ4n) is 3.26.